The summed E-state index contributed by atoms with van der Waals surface area (Å²) < 4.78 is 5.78. The number of halogens is 1. The predicted molar refractivity (Wildman–Crippen MR) is 65.0 cm³/mol. The molecule has 15 heavy (non-hydrogen) atoms. The monoisotopic (exact) mass is 291 g/mol. The van der Waals surface area contributed by atoms with Crippen LogP contribution in [0.25, 0.3) is 0 Å². The lowest BCUT2D eigenvalue weighted by Gasteiger charge is -2.13. The summed E-state index contributed by atoms with van der Waals surface area (Å²) in [6, 6.07) is -0.221. The van der Waals surface area contributed by atoms with Gasteiger partial charge in [-0.05, 0) is 33.3 Å². The maximum absolute atomic E-state index is 11.3. The number of rotatable bonds is 5. The molecule has 0 aliphatic carbocycles. The van der Waals surface area contributed by atoms with Gasteiger partial charge in [0.2, 0.25) is 0 Å². The molecule has 0 saturated heterocycles. The minimum Gasteiger partial charge on any atom is -0.468 e. The van der Waals surface area contributed by atoms with Crippen molar-refractivity contribution < 1.29 is 9.53 Å². The van der Waals surface area contributed by atoms with Crippen molar-refractivity contribution in [1.29, 1.82) is 0 Å². The van der Waals surface area contributed by atoms with Crippen LogP contribution in [0, 0.1) is 0 Å². The predicted octanol–water partition coefficient (Wildman–Crippen LogP) is 2.55. The van der Waals surface area contributed by atoms with Crippen molar-refractivity contribution in [3.05, 3.63) is 20.8 Å². The van der Waals surface area contributed by atoms with Gasteiger partial charge >= 0.3 is 5.97 Å². The van der Waals surface area contributed by atoms with Crippen LogP contribution in [0.3, 0.4) is 0 Å². The van der Waals surface area contributed by atoms with Crippen molar-refractivity contribution >= 4 is 33.2 Å². The number of hydrogen-bond donors (Lipinski definition) is 1. The standard InChI is InChI=1S/C10H14BrNO2S/c1-3-9(10(13)14-2)12-4-7-5-15-6-8(7)11/h5-6,9,12H,3-4H2,1-2H3. The van der Waals surface area contributed by atoms with Crippen LogP contribution in [0.4, 0.5) is 0 Å². The molecule has 0 aromatic carbocycles. The summed E-state index contributed by atoms with van der Waals surface area (Å²) in [5.41, 5.74) is 1.17. The van der Waals surface area contributed by atoms with Gasteiger partial charge in [0.05, 0.1) is 7.11 Å². The van der Waals surface area contributed by atoms with E-state index in [0.717, 1.165) is 10.9 Å². The molecule has 0 aliphatic heterocycles. The fraction of sp³-hybridized carbons (Fsp3) is 0.500. The Morgan fingerprint density at radius 3 is 2.87 bits per heavy atom. The minimum absolute atomic E-state index is 0.205. The van der Waals surface area contributed by atoms with E-state index in [1.165, 1.54) is 12.7 Å². The van der Waals surface area contributed by atoms with Crippen LogP contribution in [-0.4, -0.2) is 19.1 Å². The Hall–Kier alpha value is -0.390. The first-order valence-electron chi connectivity index (χ1n) is 4.70. The molecule has 0 fully saturated rings. The summed E-state index contributed by atoms with van der Waals surface area (Å²) >= 11 is 5.08. The number of carbonyl (C=O) groups is 1. The van der Waals surface area contributed by atoms with Gasteiger partial charge in [-0.3, -0.25) is 4.79 Å². The smallest absolute Gasteiger partial charge is 0.322 e. The molecule has 3 nitrogen and oxygen atoms in total. The Labute approximate surface area is 102 Å². The zero-order valence-corrected chi connectivity index (χ0v) is 11.2. The summed E-state index contributed by atoms with van der Waals surface area (Å²) in [6.07, 6.45) is 0.731. The average molecular weight is 292 g/mol. The van der Waals surface area contributed by atoms with Gasteiger partial charge in [-0.2, -0.15) is 11.3 Å². The van der Waals surface area contributed by atoms with E-state index in [4.69, 9.17) is 4.74 Å². The first-order valence-corrected chi connectivity index (χ1v) is 6.44. The summed E-state index contributed by atoms with van der Waals surface area (Å²) in [6.45, 7) is 2.63. The number of ether oxygens (including phenoxy) is 1. The van der Waals surface area contributed by atoms with E-state index in [-0.39, 0.29) is 12.0 Å². The van der Waals surface area contributed by atoms with Crippen molar-refractivity contribution in [3.63, 3.8) is 0 Å². The molecule has 0 saturated carbocycles. The Morgan fingerprint density at radius 2 is 2.40 bits per heavy atom. The molecule has 0 radical (unpaired) electrons. The topological polar surface area (TPSA) is 38.3 Å². The fourth-order valence-corrected chi connectivity index (χ4v) is 2.65. The minimum atomic E-state index is -0.221. The largest absolute Gasteiger partial charge is 0.468 e. The first kappa shape index (κ1) is 12.7. The Bertz CT molecular complexity index is 327. The molecule has 0 aliphatic rings. The molecule has 1 heterocycles. The number of carbonyl (C=O) groups excluding carboxylic acids is 1. The van der Waals surface area contributed by atoms with Crippen LogP contribution in [0.5, 0.6) is 0 Å². The molecule has 1 aromatic rings. The van der Waals surface area contributed by atoms with Gasteiger partial charge < -0.3 is 10.1 Å². The normalized spacial score (nSPS) is 12.5. The van der Waals surface area contributed by atoms with Gasteiger partial charge in [0.1, 0.15) is 6.04 Å². The third-order valence-corrected chi connectivity index (χ3v) is 3.96. The highest BCUT2D eigenvalue weighted by Gasteiger charge is 2.16. The molecule has 1 atom stereocenters. The van der Waals surface area contributed by atoms with E-state index in [1.807, 2.05) is 12.3 Å². The number of methoxy groups -OCH3 is 1. The van der Waals surface area contributed by atoms with Crippen LogP contribution in [0.15, 0.2) is 15.2 Å². The lowest BCUT2D eigenvalue weighted by atomic mass is 10.2. The van der Waals surface area contributed by atoms with Crippen molar-refractivity contribution in [2.24, 2.45) is 0 Å². The molecule has 0 bridgehead atoms. The number of nitrogens with one attached hydrogen (secondary N) is 1. The average Bonchev–Trinajstić information content (AvgIpc) is 2.65. The van der Waals surface area contributed by atoms with E-state index in [0.29, 0.717) is 6.54 Å². The summed E-state index contributed by atoms with van der Waals surface area (Å²) in [5.74, 6) is -0.205. The van der Waals surface area contributed by atoms with Gasteiger partial charge in [0.15, 0.2) is 0 Å². The Kier molecular flexibility index (Phi) is 5.28. The van der Waals surface area contributed by atoms with Gasteiger partial charge in [-0.15, -0.1) is 0 Å². The van der Waals surface area contributed by atoms with Crippen LogP contribution in [0.2, 0.25) is 0 Å². The fourth-order valence-electron chi connectivity index (χ4n) is 1.20. The van der Waals surface area contributed by atoms with E-state index in [1.54, 1.807) is 11.3 Å². The second-order valence-corrected chi connectivity index (χ2v) is 4.71. The van der Waals surface area contributed by atoms with Gasteiger partial charge in [0.25, 0.3) is 0 Å². The van der Waals surface area contributed by atoms with Gasteiger partial charge in [0, 0.05) is 16.4 Å². The molecule has 1 unspecified atom stereocenters. The molecule has 0 amide bonds. The Morgan fingerprint density at radius 1 is 1.67 bits per heavy atom. The molecule has 1 rings (SSSR count). The second kappa shape index (κ2) is 6.25. The highest BCUT2D eigenvalue weighted by atomic mass is 79.9. The zero-order valence-electron chi connectivity index (χ0n) is 8.75. The van der Waals surface area contributed by atoms with Crippen LogP contribution in [0.1, 0.15) is 18.9 Å². The molecule has 5 heteroatoms. The van der Waals surface area contributed by atoms with E-state index >= 15 is 0 Å². The first-order chi connectivity index (χ1) is 7.19. The summed E-state index contributed by atoms with van der Waals surface area (Å²) in [5, 5.41) is 7.25. The maximum Gasteiger partial charge on any atom is 0.322 e. The molecule has 1 N–H and O–H groups in total. The number of esters is 1. The third-order valence-electron chi connectivity index (χ3n) is 2.12. The van der Waals surface area contributed by atoms with Gasteiger partial charge in [-0.25, -0.2) is 0 Å². The highest BCUT2D eigenvalue weighted by molar-refractivity contribution is 9.10. The van der Waals surface area contributed by atoms with Crippen LogP contribution >= 0.6 is 27.3 Å². The Balaban J connectivity index is 2.48. The molecule has 1 aromatic heterocycles. The summed E-state index contributed by atoms with van der Waals surface area (Å²) in [4.78, 5) is 11.3. The quantitative estimate of drug-likeness (QED) is 0.848. The SMILES string of the molecule is CCC(NCc1cscc1Br)C(=O)OC. The van der Waals surface area contributed by atoms with Crippen molar-refractivity contribution in [1.82, 2.24) is 5.32 Å². The van der Waals surface area contributed by atoms with E-state index < -0.39 is 0 Å². The number of hydrogen-bond acceptors (Lipinski definition) is 4. The number of thiophene rings is 1. The van der Waals surface area contributed by atoms with E-state index in [9.17, 15) is 4.79 Å². The van der Waals surface area contributed by atoms with Crippen molar-refractivity contribution in [2.75, 3.05) is 7.11 Å². The lowest BCUT2D eigenvalue weighted by molar-refractivity contribution is -0.143. The van der Waals surface area contributed by atoms with Crippen molar-refractivity contribution in [3.8, 4) is 0 Å². The highest BCUT2D eigenvalue weighted by Crippen LogP contribution is 2.21. The molecule has 0 spiro atoms. The van der Waals surface area contributed by atoms with Gasteiger partial charge in [-0.1, -0.05) is 6.92 Å². The van der Waals surface area contributed by atoms with Crippen LogP contribution < -0.4 is 5.32 Å². The second-order valence-electron chi connectivity index (χ2n) is 3.11. The van der Waals surface area contributed by atoms with Crippen LogP contribution in [-0.2, 0) is 16.1 Å². The molecular weight excluding hydrogens is 278 g/mol. The molecule has 84 valence electrons. The zero-order chi connectivity index (χ0) is 11.3. The van der Waals surface area contributed by atoms with E-state index in [2.05, 4.69) is 26.6 Å². The van der Waals surface area contributed by atoms with Crippen molar-refractivity contribution in [2.45, 2.75) is 25.9 Å². The molecular formula is C10H14BrNO2S. The maximum atomic E-state index is 11.3. The third kappa shape index (κ3) is 3.59. The lowest BCUT2D eigenvalue weighted by Crippen LogP contribution is -2.36. The summed E-state index contributed by atoms with van der Waals surface area (Å²) in [7, 11) is 1.41.